The molecule has 0 spiro atoms. The summed E-state index contributed by atoms with van der Waals surface area (Å²) in [6.07, 6.45) is 17.3. The summed E-state index contributed by atoms with van der Waals surface area (Å²) in [6.45, 7) is 19.2. The van der Waals surface area contributed by atoms with E-state index in [4.69, 9.17) is 19.3 Å². The number of allylic oxidation sites excluding steroid dienone is 1. The van der Waals surface area contributed by atoms with E-state index in [1.54, 1.807) is 6.92 Å². The van der Waals surface area contributed by atoms with Gasteiger partial charge in [0.1, 0.15) is 17.9 Å². The molecule has 11 heteroatoms. The van der Waals surface area contributed by atoms with Crippen molar-refractivity contribution in [1.82, 2.24) is 10.6 Å². The Kier molecular flexibility index (Phi) is 19.0. The highest BCUT2D eigenvalue weighted by molar-refractivity contribution is 5.89. The fourth-order valence-electron chi connectivity index (χ4n) is 11.8. The zero-order valence-corrected chi connectivity index (χ0v) is 37.9. The first kappa shape index (κ1) is 48.9. The van der Waals surface area contributed by atoms with E-state index in [2.05, 4.69) is 58.3 Å². The van der Waals surface area contributed by atoms with Gasteiger partial charge >= 0.3 is 11.9 Å². The second kappa shape index (κ2) is 22.9. The molecule has 3 fully saturated rings. The van der Waals surface area contributed by atoms with Crippen molar-refractivity contribution in [3.05, 3.63) is 11.6 Å². The molecule has 0 bridgehead atoms. The Morgan fingerprint density at radius 3 is 2.25 bits per heavy atom. The van der Waals surface area contributed by atoms with Crippen LogP contribution in [0.5, 0.6) is 0 Å². The van der Waals surface area contributed by atoms with Gasteiger partial charge in [0.25, 0.3) is 0 Å². The van der Waals surface area contributed by atoms with Crippen LogP contribution in [0.25, 0.3) is 0 Å². The largest absolute Gasteiger partial charge is 0.480 e. The van der Waals surface area contributed by atoms with Gasteiger partial charge in [0.05, 0.1) is 26.4 Å². The molecule has 0 aliphatic heterocycles. The summed E-state index contributed by atoms with van der Waals surface area (Å²) in [5, 5.41) is 14.1. The van der Waals surface area contributed by atoms with E-state index in [0.29, 0.717) is 18.4 Å². The van der Waals surface area contributed by atoms with Crippen LogP contribution in [0, 0.1) is 58.2 Å². The molecule has 11 atom stereocenters. The van der Waals surface area contributed by atoms with Gasteiger partial charge in [0.15, 0.2) is 0 Å². The predicted molar refractivity (Wildman–Crippen MR) is 229 cm³/mol. The van der Waals surface area contributed by atoms with E-state index in [0.717, 1.165) is 60.7 Å². The van der Waals surface area contributed by atoms with Crippen molar-refractivity contribution in [3.8, 4) is 0 Å². The van der Waals surface area contributed by atoms with Crippen LogP contribution in [0.4, 0.5) is 0 Å². The maximum absolute atomic E-state index is 12.9. The van der Waals surface area contributed by atoms with Crippen LogP contribution in [0.15, 0.2) is 11.6 Å². The van der Waals surface area contributed by atoms with Crippen molar-refractivity contribution in [3.63, 3.8) is 0 Å². The third-order valence-corrected chi connectivity index (χ3v) is 15.5. The molecule has 59 heavy (non-hydrogen) atoms. The summed E-state index contributed by atoms with van der Waals surface area (Å²) in [4.78, 5) is 60.2. The van der Waals surface area contributed by atoms with Crippen LogP contribution in [0.2, 0.25) is 0 Å². The summed E-state index contributed by atoms with van der Waals surface area (Å²) in [6, 6.07) is -1.01. The number of carbonyl (C=O) groups is 5. The molecule has 4 aliphatic carbocycles. The molecular formula is C48H80N2O9. The second-order valence-electron chi connectivity index (χ2n) is 19.7. The lowest BCUT2D eigenvalue weighted by molar-refractivity contribution is -0.151. The number of carbonyl (C=O) groups excluding carboxylic acids is 4. The van der Waals surface area contributed by atoms with Crippen LogP contribution < -0.4 is 10.6 Å². The number of hydrogen-bond acceptors (Lipinski definition) is 8. The van der Waals surface area contributed by atoms with Crippen LogP contribution in [-0.2, 0) is 38.2 Å². The molecule has 4 aliphatic rings. The number of fused-ring (bicyclic) bond motifs is 5. The van der Waals surface area contributed by atoms with Crippen LogP contribution >= 0.6 is 0 Å². The maximum atomic E-state index is 12.9. The van der Waals surface area contributed by atoms with E-state index < -0.39 is 23.8 Å². The number of aliphatic carboxylic acids is 1. The number of rotatable bonds is 25. The summed E-state index contributed by atoms with van der Waals surface area (Å²) in [5.41, 5.74) is 2.22. The van der Waals surface area contributed by atoms with Gasteiger partial charge in [-0.3, -0.25) is 24.0 Å². The fraction of sp³-hybridized carbons (Fsp3) is 0.854. The number of ketones is 1. The normalized spacial score (nSPS) is 29.5. The summed E-state index contributed by atoms with van der Waals surface area (Å²) < 4.78 is 16.9. The number of nitrogens with one attached hydrogen (secondary N) is 2. The van der Waals surface area contributed by atoms with Crippen molar-refractivity contribution < 1.29 is 43.3 Å². The van der Waals surface area contributed by atoms with Crippen molar-refractivity contribution in [2.24, 2.45) is 58.2 Å². The Balaban J connectivity index is 1.06. The second-order valence-corrected chi connectivity index (χ2v) is 19.7. The molecule has 3 saturated carbocycles. The van der Waals surface area contributed by atoms with Crippen molar-refractivity contribution >= 4 is 29.5 Å². The Hall–Kier alpha value is -2.79. The lowest BCUT2D eigenvalue weighted by Crippen LogP contribution is -2.51. The molecule has 4 rings (SSSR count). The van der Waals surface area contributed by atoms with Crippen LogP contribution in [-0.4, -0.2) is 79.8 Å². The minimum absolute atomic E-state index is 0.00610. The Bertz CT molecular complexity index is 1450. The number of hydrogen-bond donors (Lipinski definition) is 3. The quantitative estimate of drug-likeness (QED) is 0.0467. The molecular weight excluding hydrogens is 749 g/mol. The number of carboxylic acid groups (broad SMARTS) is 1. The van der Waals surface area contributed by atoms with Gasteiger partial charge in [-0.25, -0.2) is 0 Å². The van der Waals surface area contributed by atoms with Crippen molar-refractivity contribution in [1.29, 1.82) is 0 Å². The van der Waals surface area contributed by atoms with E-state index >= 15 is 0 Å². The molecule has 0 aromatic heterocycles. The minimum atomic E-state index is -1.14. The van der Waals surface area contributed by atoms with Gasteiger partial charge in [-0.2, -0.15) is 0 Å². The first-order valence-electron chi connectivity index (χ1n) is 23.4. The highest BCUT2D eigenvalue weighted by Gasteiger charge is 2.59. The van der Waals surface area contributed by atoms with Crippen molar-refractivity contribution in [2.45, 2.75) is 170 Å². The predicted octanol–water partition coefficient (Wildman–Crippen LogP) is 8.47. The molecule has 11 nitrogen and oxygen atoms in total. The van der Waals surface area contributed by atoms with Crippen LogP contribution in [0.3, 0.4) is 0 Å². The van der Waals surface area contributed by atoms with Gasteiger partial charge < -0.3 is 30.0 Å². The lowest BCUT2D eigenvalue weighted by atomic mass is 9.47. The fourth-order valence-corrected chi connectivity index (χ4v) is 11.8. The minimum Gasteiger partial charge on any atom is -0.480 e. The molecule has 3 N–H and O–H groups in total. The number of Topliss-reactive ketones (excluding diaryl/α,β-unsaturated/α-hetero) is 1. The number of carboxylic acids is 1. The van der Waals surface area contributed by atoms with Crippen molar-refractivity contribution in [2.75, 3.05) is 33.0 Å². The molecule has 336 valence electrons. The zero-order valence-electron chi connectivity index (χ0n) is 37.9. The first-order chi connectivity index (χ1) is 28.0. The molecule has 2 amide bonds. The average Bonchev–Trinajstić information content (AvgIpc) is 3.54. The number of esters is 1. The van der Waals surface area contributed by atoms with E-state index in [-0.39, 0.29) is 81.3 Å². The summed E-state index contributed by atoms with van der Waals surface area (Å²) in [5.74, 6) is 2.93. The Morgan fingerprint density at radius 2 is 1.58 bits per heavy atom. The third-order valence-electron chi connectivity index (χ3n) is 15.5. The molecule has 0 radical (unpaired) electrons. The average molecular weight is 829 g/mol. The number of ether oxygens (including phenoxy) is 3. The number of amides is 2. The van der Waals surface area contributed by atoms with E-state index in [1.807, 2.05) is 0 Å². The highest BCUT2D eigenvalue weighted by Crippen LogP contribution is 2.67. The zero-order chi connectivity index (χ0) is 43.3. The topological polar surface area (TPSA) is 157 Å². The van der Waals surface area contributed by atoms with Gasteiger partial charge in [-0.05, 0) is 117 Å². The Labute approximate surface area is 355 Å². The molecule has 0 unspecified atom stereocenters. The van der Waals surface area contributed by atoms with Gasteiger partial charge in [0, 0.05) is 44.6 Å². The third kappa shape index (κ3) is 13.3. The Morgan fingerprint density at radius 1 is 0.864 bits per heavy atom. The highest BCUT2D eigenvalue weighted by atomic mass is 16.5. The maximum Gasteiger partial charge on any atom is 0.325 e. The first-order valence-corrected chi connectivity index (χ1v) is 23.4. The summed E-state index contributed by atoms with van der Waals surface area (Å²) in [7, 11) is 0. The molecule has 0 aromatic carbocycles. The van der Waals surface area contributed by atoms with E-state index in [1.165, 1.54) is 63.9 Å². The standard InChI is InChI=1S/C48H80N2O9/c1-9-35(31(2)3)13-12-32(4)40-16-17-41-39-15-14-36-30-38(18-22-47(36,7)42(39)19-23-48(40,41)8)59-44(53)11-10-24-49-43(52)21-26-58-28-27-57-25-20-37(51)29-33(5)45(54)50-34(6)46(55)56/h14,31-35,38-42H,9-13,15-30H2,1-8H3,(H,49,52)(H,50,54)(H,55,56)/t32-,33-,34+,35-,38+,39+,40-,41+,42+,47+,48-/m1/s1. The summed E-state index contributed by atoms with van der Waals surface area (Å²) >= 11 is 0. The van der Waals surface area contributed by atoms with Gasteiger partial charge in [-0.1, -0.05) is 73.0 Å². The molecule has 0 heterocycles. The SMILES string of the molecule is CC[C@H](CC[C@@H](C)[C@H]1CC[C@H]2[C@@H]3CC=C4C[C@@H](OC(=O)CCCNC(=O)CCOCCOCCC(=O)C[C@@H](C)C(=O)N[C@@H](C)C(=O)O)CC[C@]4(C)[C@H]3CC[C@]12C)C(C)C. The lowest BCUT2D eigenvalue weighted by Gasteiger charge is -2.58. The monoisotopic (exact) mass is 829 g/mol. The van der Waals surface area contributed by atoms with E-state index in [9.17, 15) is 24.0 Å². The van der Waals surface area contributed by atoms with Crippen LogP contribution in [0.1, 0.15) is 158 Å². The molecule has 0 saturated heterocycles. The smallest absolute Gasteiger partial charge is 0.325 e. The molecule has 0 aromatic rings. The van der Waals surface area contributed by atoms with Gasteiger partial charge in [-0.15, -0.1) is 0 Å². The van der Waals surface area contributed by atoms with Gasteiger partial charge in [0.2, 0.25) is 11.8 Å².